The van der Waals surface area contributed by atoms with Crippen molar-refractivity contribution in [3.8, 4) is 0 Å². The molecule has 5 nitrogen and oxygen atoms in total. The Hall–Kier alpha value is -1.59. The summed E-state index contributed by atoms with van der Waals surface area (Å²) in [5.74, 6) is -0.0400. The Morgan fingerprint density at radius 1 is 1.33 bits per heavy atom. The first-order valence-electron chi connectivity index (χ1n) is 7.13. The number of ether oxygens (including phenoxy) is 1. The van der Waals surface area contributed by atoms with Gasteiger partial charge in [0.05, 0.1) is 29.7 Å². The van der Waals surface area contributed by atoms with Gasteiger partial charge in [-0.3, -0.25) is 9.59 Å². The first-order chi connectivity index (χ1) is 10.1. The zero-order chi connectivity index (χ0) is 14.6. The first kappa shape index (κ1) is 13.1. The van der Waals surface area contributed by atoms with Crippen molar-refractivity contribution in [1.82, 2.24) is 9.80 Å². The lowest BCUT2D eigenvalue weighted by atomic mass is 10.1. The van der Waals surface area contributed by atoms with E-state index >= 15 is 0 Å². The molecule has 1 spiro atoms. The van der Waals surface area contributed by atoms with Gasteiger partial charge in [0.15, 0.2) is 5.72 Å². The molecule has 0 radical (unpaired) electrons. The smallest absolute Gasteiger partial charge is 0.255 e. The highest BCUT2D eigenvalue weighted by Crippen LogP contribution is 2.46. The molecule has 3 aliphatic rings. The fraction of sp³-hybridized carbons (Fsp3) is 0.467. The number of carbonyl (C=O) groups is 2. The normalized spacial score (nSPS) is 30.7. The minimum Gasteiger partial charge on any atom is -0.351 e. The predicted molar refractivity (Wildman–Crippen MR) is 75.9 cm³/mol. The van der Waals surface area contributed by atoms with Gasteiger partial charge in [0.2, 0.25) is 5.91 Å². The van der Waals surface area contributed by atoms with Crippen molar-refractivity contribution >= 4 is 23.4 Å². The molecule has 3 saturated heterocycles. The zero-order valence-corrected chi connectivity index (χ0v) is 12.2. The van der Waals surface area contributed by atoms with Crippen molar-refractivity contribution in [2.75, 3.05) is 19.7 Å². The summed E-state index contributed by atoms with van der Waals surface area (Å²) in [7, 11) is 0. The molecular weight excluding hydrogens is 292 g/mol. The standard InChI is InChI=1S/C15H15ClN2O3/c16-11-4-2-1-3-10(11)14(20)17-6-5-15-12(17)9-13(19)18(15)7-8-21-15/h1-4,12H,5-9H2/t12-,15+/m1/s1. The van der Waals surface area contributed by atoms with Gasteiger partial charge in [0, 0.05) is 19.5 Å². The zero-order valence-electron chi connectivity index (χ0n) is 11.4. The van der Waals surface area contributed by atoms with Crippen molar-refractivity contribution in [3.63, 3.8) is 0 Å². The summed E-state index contributed by atoms with van der Waals surface area (Å²) in [6.45, 7) is 1.78. The number of likely N-dealkylation sites (tertiary alicyclic amines) is 1. The molecule has 3 aliphatic heterocycles. The van der Waals surface area contributed by atoms with Crippen LogP contribution in [0.5, 0.6) is 0 Å². The maximum absolute atomic E-state index is 12.8. The monoisotopic (exact) mass is 306 g/mol. The summed E-state index contributed by atoms with van der Waals surface area (Å²) in [5, 5.41) is 0.442. The number of amides is 2. The average Bonchev–Trinajstić information content (AvgIpc) is 3.10. The SMILES string of the molecule is O=C(c1ccccc1Cl)N1CC[C@@]23OCCN2C(=O)C[C@@H]13. The van der Waals surface area contributed by atoms with Crippen molar-refractivity contribution in [3.05, 3.63) is 34.9 Å². The molecule has 0 unspecified atom stereocenters. The number of rotatable bonds is 1. The van der Waals surface area contributed by atoms with Crippen LogP contribution in [0.2, 0.25) is 5.02 Å². The summed E-state index contributed by atoms with van der Waals surface area (Å²) < 4.78 is 5.88. The molecule has 2 atom stereocenters. The van der Waals surface area contributed by atoms with Gasteiger partial charge in [0.1, 0.15) is 0 Å². The third-order valence-corrected chi connectivity index (χ3v) is 5.10. The molecular formula is C15H15ClN2O3. The lowest BCUT2D eigenvalue weighted by Crippen LogP contribution is -2.48. The van der Waals surface area contributed by atoms with Gasteiger partial charge in [-0.15, -0.1) is 0 Å². The maximum Gasteiger partial charge on any atom is 0.255 e. The molecule has 0 bridgehead atoms. The number of halogens is 1. The number of nitrogens with zero attached hydrogens (tertiary/aromatic N) is 2. The van der Waals surface area contributed by atoms with Crippen molar-refractivity contribution in [2.24, 2.45) is 0 Å². The molecule has 2 amide bonds. The van der Waals surface area contributed by atoms with Gasteiger partial charge in [-0.25, -0.2) is 0 Å². The fourth-order valence-electron chi connectivity index (χ4n) is 3.82. The van der Waals surface area contributed by atoms with Gasteiger partial charge in [0.25, 0.3) is 5.91 Å². The van der Waals surface area contributed by atoms with Crippen molar-refractivity contribution in [1.29, 1.82) is 0 Å². The van der Waals surface area contributed by atoms with E-state index in [0.29, 0.717) is 43.1 Å². The fourth-order valence-corrected chi connectivity index (χ4v) is 4.04. The van der Waals surface area contributed by atoms with Crippen molar-refractivity contribution in [2.45, 2.75) is 24.6 Å². The molecule has 0 N–H and O–H groups in total. The highest BCUT2D eigenvalue weighted by Gasteiger charge is 2.62. The van der Waals surface area contributed by atoms with Crippen LogP contribution >= 0.6 is 11.6 Å². The summed E-state index contributed by atoms with van der Waals surface area (Å²) in [6.07, 6.45) is 1.02. The molecule has 6 heteroatoms. The predicted octanol–water partition coefficient (Wildman–Crippen LogP) is 1.51. The van der Waals surface area contributed by atoms with Crippen LogP contribution in [-0.2, 0) is 9.53 Å². The molecule has 1 aromatic carbocycles. The van der Waals surface area contributed by atoms with Crippen molar-refractivity contribution < 1.29 is 14.3 Å². The van der Waals surface area contributed by atoms with E-state index in [2.05, 4.69) is 0 Å². The number of carbonyl (C=O) groups excluding carboxylic acids is 2. The van der Waals surface area contributed by atoms with Crippen LogP contribution in [-0.4, -0.2) is 53.1 Å². The molecule has 110 valence electrons. The van der Waals surface area contributed by atoms with Crippen LogP contribution in [0.25, 0.3) is 0 Å². The Kier molecular flexibility index (Phi) is 2.78. The highest BCUT2D eigenvalue weighted by molar-refractivity contribution is 6.33. The molecule has 1 aromatic rings. The molecule has 0 aromatic heterocycles. The molecule has 3 fully saturated rings. The molecule has 0 saturated carbocycles. The first-order valence-corrected chi connectivity index (χ1v) is 7.51. The summed E-state index contributed by atoms with van der Waals surface area (Å²) in [4.78, 5) is 28.4. The topological polar surface area (TPSA) is 49.9 Å². The third kappa shape index (κ3) is 1.67. The quantitative estimate of drug-likeness (QED) is 0.790. The minimum absolute atomic E-state index is 0.0779. The second-order valence-corrected chi connectivity index (χ2v) is 6.09. The van der Waals surface area contributed by atoms with E-state index in [0.717, 1.165) is 0 Å². The number of hydrogen-bond donors (Lipinski definition) is 0. The van der Waals surface area contributed by atoms with E-state index in [1.807, 2.05) is 0 Å². The largest absolute Gasteiger partial charge is 0.351 e. The van der Waals surface area contributed by atoms with E-state index in [1.54, 1.807) is 34.1 Å². The molecule has 21 heavy (non-hydrogen) atoms. The Labute approximate surface area is 127 Å². The summed E-state index contributed by atoms with van der Waals surface area (Å²) in [6, 6.07) is 6.82. The van der Waals surface area contributed by atoms with Gasteiger partial charge < -0.3 is 14.5 Å². The van der Waals surface area contributed by atoms with E-state index in [9.17, 15) is 9.59 Å². The highest BCUT2D eigenvalue weighted by atomic mass is 35.5. The van der Waals surface area contributed by atoms with Crippen LogP contribution in [0.1, 0.15) is 23.2 Å². The van der Waals surface area contributed by atoms with Crippen LogP contribution in [0, 0.1) is 0 Å². The van der Waals surface area contributed by atoms with Gasteiger partial charge in [-0.1, -0.05) is 23.7 Å². The van der Waals surface area contributed by atoms with Crippen LogP contribution in [0.4, 0.5) is 0 Å². The molecule has 3 heterocycles. The molecule has 0 aliphatic carbocycles. The Balaban J connectivity index is 1.68. The van der Waals surface area contributed by atoms with E-state index in [1.165, 1.54) is 0 Å². The van der Waals surface area contributed by atoms with Crippen LogP contribution < -0.4 is 0 Å². The van der Waals surface area contributed by atoms with Crippen LogP contribution in [0.15, 0.2) is 24.3 Å². The summed E-state index contributed by atoms with van der Waals surface area (Å²) >= 11 is 6.12. The average molecular weight is 307 g/mol. The molecule has 4 rings (SSSR count). The number of benzene rings is 1. The Morgan fingerprint density at radius 3 is 2.95 bits per heavy atom. The Morgan fingerprint density at radius 2 is 2.14 bits per heavy atom. The lowest BCUT2D eigenvalue weighted by molar-refractivity contribution is -0.136. The van der Waals surface area contributed by atoms with Gasteiger partial charge in [-0.05, 0) is 12.1 Å². The second kappa shape index (κ2) is 4.45. The second-order valence-electron chi connectivity index (χ2n) is 5.69. The number of hydrogen-bond acceptors (Lipinski definition) is 3. The van der Waals surface area contributed by atoms with Gasteiger partial charge in [-0.2, -0.15) is 0 Å². The lowest BCUT2D eigenvalue weighted by Gasteiger charge is -2.31. The Bertz CT molecular complexity index is 635. The van der Waals surface area contributed by atoms with Gasteiger partial charge >= 0.3 is 0 Å². The van der Waals surface area contributed by atoms with E-state index in [4.69, 9.17) is 16.3 Å². The van der Waals surface area contributed by atoms with Crippen LogP contribution in [0.3, 0.4) is 0 Å². The minimum atomic E-state index is -0.589. The van der Waals surface area contributed by atoms with E-state index < -0.39 is 5.72 Å². The van der Waals surface area contributed by atoms with E-state index in [-0.39, 0.29) is 17.9 Å². The maximum atomic E-state index is 12.8. The summed E-state index contributed by atoms with van der Waals surface area (Å²) in [5.41, 5.74) is -0.103. The third-order valence-electron chi connectivity index (χ3n) is 4.77.